The van der Waals surface area contributed by atoms with E-state index in [9.17, 15) is 15.0 Å². The number of hydrogen-bond acceptors (Lipinski definition) is 3. The number of aromatic amines is 1. The van der Waals surface area contributed by atoms with Crippen LogP contribution in [-0.4, -0.2) is 26.9 Å². The van der Waals surface area contributed by atoms with Crippen molar-refractivity contribution >= 4 is 0 Å². The van der Waals surface area contributed by atoms with Crippen molar-refractivity contribution in [2.24, 2.45) is 22.7 Å². The predicted octanol–water partition coefficient (Wildman–Crippen LogP) is 3.90. The summed E-state index contributed by atoms with van der Waals surface area (Å²) in [5.41, 5.74) is 1.45. The molecule has 0 amide bonds. The average molecular weight is 384 g/mol. The molecule has 0 aromatic carbocycles. The first-order valence-electron chi connectivity index (χ1n) is 11.1. The van der Waals surface area contributed by atoms with E-state index in [0.29, 0.717) is 5.92 Å². The summed E-state index contributed by atoms with van der Waals surface area (Å²) in [5.74, 6) is 0.892. The lowest BCUT2D eigenvalue weighted by Gasteiger charge is -2.61. The molecule has 152 valence electrons. The van der Waals surface area contributed by atoms with E-state index in [1.807, 2.05) is 12.1 Å². The molecule has 3 N–H and O–H groups in total. The summed E-state index contributed by atoms with van der Waals surface area (Å²) in [4.78, 5) is 15.3. The lowest BCUT2D eigenvalue weighted by molar-refractivity contribution is -0.178. The molecule has 4 heteroatoms. The van der Waals surface area contributed by atoms with Crippen LogP contribution in [0.3, 0.4) is 0 Å². The van der Waals surface area contributed by atoms with Crippen molar-refractivity contribution < 1.29 is 10.2 Å². The summed E-state index contributed by atoms with van der Waals surface area (Å²) in [6.07, 6.45) is 11.1. The molecule has 4 aliphatic rings. The monoisotopic (exact) mass is 383 g/mol. The highest BCUT2D eigenvalue weighted by Gasteiger charge is 2.66. The van der Waals surface area contributed by atoms with Gasteiger partial charge in [0.15, 0.2) is 0 Å². The lowest BCUT2D eigenvalue weighted by Crippen LogP contribution is -2.60. The Bertz CT molecular complexity index is 875. The van der Waals surface area contributed by atoms with E-state index in [4.69, 9.17) is 0 Å². The second kappa shape index (κ2) is 6.06. The molecular formula is C24H33NO3. The fourth-order valence-electron chi connectivity index (χ4n) is 7.89. The topological polar surface area (TPSA) is 73.3 Å². The van der Waals surface area contributed by atoms with Crippen molar-refractivity contribution in [2.45, 2.75) is 82.8 Å². The quantitative estimate of drug-likeness (QED) is 0.644. The second-order valence-corrected chi connectivity index (χ2v) is 10.4. The van der Waals surface area contributed by atoms with Crippen LogP contribution < -0.4 is 5.56 Å². The van der Waals surface area contributed by atoms with Gasteiger partial charge in [-0.25, -0.2) is 0 Å². The molecule has 3 fully saturated rings. The largest absolute Gasteiger partial charge is 0.389 e. The molecular weight excluding hydrogens is 350 g/mol. The summed E-state index contributed by atoms with van der Waals surface area (Å²) in [7, 11) is 0. The maximum absolute atomic E-state index is 12.5. The molecule has 5 rings (SSSR count). The van der Waals surface area contributed by atoms with Gasteiger partial charge in [-0.1, -0.05) is 31.6 Å². The van der Waals surface area contributed by atoms with Crippen molar-refractivity contribution in [3.63, 3.8) is 0 Å². The summed E-state index contributed by atoms with van der Waals surface area (Å²) >= 11 is 0. The van der Waals surface area contributed by atoms with Crippen LogP contribution in [0.15, 0.2) is 34.8 Å². The molecule has 1 aromatic rings. The number of rotatable bonds is 1. The highest BCUT2D eigenvalue weighted by Crippen LogP contribution is 2.69. The zero-order chi connectivity index (χ0) is 19.7. The van der Waals surface area contributed by atoms with Crippen LogP contribution in [0.4, 0.5) is 0 Å². The minimum atomic E-state index is -0.701. The van der Waals surface area contributed by atoms with E-state index in [0.717, 1.165) is 56.9 Å². The Morgan fingerprint density at radius 3 is 2.68 bits per heavy atom. The SMILES string of the molecule is C[C@]12CC[C@H](O)C=C1CC[C@@H]1[C@@H]2CC[C@]2(C)[C@@H](c3ccc[nH]c3=O)CC[C@]12O. The fourth-order valence-corrected chi connectivity index (χ4v) is 7.89. The van der Waals surface area contributed by atoms with Crippen LogP contribution in [0.5, 0.6) is 0 Å². The Morgan fingerprint density at radius 2 is 1.89 bits per heavy atom. The van der Waals surface area contributed by atoms with E-state index in [-0.39, 0.29) is 34.3 Å². The number of aliphatic hydroxyl groups is 2. The average Bonchev–Trinajstić information content (AvgIpc) is 2.94. The highest BCUT2D eigenvalue weighted by molar-refractivity contribution is 5.31. The summed E-state index contributed by atoms with van der Waals surface area (Å²) in [6, 6.07) is 3.87. The first kappa shape index (κ1) is 18.6. The molecule has 7 atom stereocenters. The first-order chi connectivity index (χ1) is 13.3. The molecule has 0 radical (unpaired) electrons. The number of allylic oxidation sites excluding steroid dienone is 1. The molecule has 0 spiro atoms. The van der Waals surface area contributed by atoms with Gasteiger partial charge < -0.3 is 15.2 Å². The van der Waals surface area contributed by atoms with Gasteiger partial charge in [-0.05, 0) is 80.6 Å². The van der Waals surface area contributed by atoms with Crippen LogP contribution >= 0.6 is 0 Å². The molecule has 1 aromatic heterocycles. The number of aromatic nitrogens is 1. The predicted molar refractivity (Wildman–Crippen MR) is 109 cm³/mol. The van der Waals surface area contributed by atoms with E-state index in [1.165, 1.54) is 5.57 Å². The molecule has 28 heavy (non-hydrogen) atoms. The second-order valence-electron chi connectivity index (χ2n) is 10.4. The Balaban J connectivity index is 1.53. The molecule has 0 unspecified atom stereocenters. The van der Waals surface area contributed by atoms with Gasteiger partial charge in [0, 0.05) is 17.2 Å². The Hall–Kier alpha value is -1.39. The van der Waals surface area contributed by atoms with E-state index in [2.05, 4.69) is 24.9 Å². The van der Waals surface area contributed by atoms with Crippen molar-refractivity contribution in [2.75, 3.05) is 0 Å². The van der Waals surface area contributed by atoms with Crippen LogP contribution in [0.1, 0.15) is 76.7 Å². The third kappa shape index (κ3) is 2.28. The number of H-pyrrole nitrogens is 1. The molecule has 4 aliphatic carbocycles. The van der Waals surface area contributed by atoms with Crippen molar-refractivity contribution in [1.29, 1.82) is 0 Å². The summed E-state index contributed by atoms with van der Waals surface area (Å²) in [5, 5.41) is 22.3. The molecule has 3 saturated carbocycles. The van der Waals surface area contributed by atoms with Gasteiger partial charge in [-0.2, -0.15) is 0 Å². The van der Waals surface area contributed by atoms with Crippen molar-refractivity contribution in [3.05, 3.63) is 45.9 Å². The number of hydrogen-bond donors (Lipinski definition) is 3. The van der Waals surface area contributed by atoms with Crippen LogP contribution in [-0.2, 0) is 0 Å². The standard InChI is InChI=1S/C24H33NO3/c1-22-10-7-16(26)14-15(22)5-6-20-19(22)8-11-23(2)18(9-12-24(20,23)28)17-4-3-13-25-21(17)27/h3-4,13-14,16,18-20,26,28H,5-12H2,1-2H3,(H,25,27)/t16-,18+,19-,20+,22-,23+,24-/m0/s1. The normalized spacial score (nSPS) is 47.6. The number of pyridine rings is 1. The summed E-state index contributed by atoms with van der Waals surface area (Å²) < 4.78 is 0. The van der Waals surface area contributed by atoms with Gasteiger partial charge >= 0.3 is 0 Å². The van der Waals surface area contributed by atoms with Crippen LogP contribution in [0.2, 0.25) is 0 Å². The van der Waals surface area contributed by atoms with E-state index >= 15 is 0 Å². The molecule has 0 aliphatic heterocycles. The maximum Gasteiger partial charge on any atom is 0.251 e. The number of nitrogens with one attached hydrogen (secondary N) is 1. The fraction of sp³-hybridized carbons (Fsp3) is 0.708. The third-order valence-electron chi connectivity index (χ3n) is 9.50. The smallest absolute Gasteiger partial charge is 0.251 e. The van der Waals surface area contributed by atoms with Gasteiger partial charge in [0.1, 0.15) is 0 Å². The summed E-state index contributed by atoms with van der Waals surface area (Å²) in [6.45, 7) is 4.62. The zero-order valence-corrected chi connectivity index (χ0v) is 17.1. The van der Waals surface area contributed by atoms with Gasteiger partial charge in [-0.3, -0.25) is 4.79 Å². The molecule has 1 heterocycles. The van der Waals surface area contributed by atoms with Crippen molar-refractivity contribution in [3.8, 4) is 0 Å². The molecule has 4 nitrogen and oxygen atoms in total. The first-order valence-corrected chi connectivity index (χ1v) is 11.1. The van der Waals surface area contributed by atoms with Crippen LogP contribution in [0.25, 0.3) is 0 Å². The third-order valence-corrected chi connectivity index (χ3v) is 9.50. The highest BCUT2D eigenvalue weighted by atomic mass is 16.3. The van der Waals surface area contributed by atoms with E-state index < -0.39 is 5.60 Å². The van der Waals surface area contributed by atoms with Gasteiger partial charge in [0.25, 0.3) is 5.56 Å². The van der Waals surface area contributed by atoms with E-state index in [1.54, 1.807) is 6.20 Å². The Morgan fingerprint density at radius 1 is 1.07 bits per heavy atom. The molecule has 0 saturated heterocycles. The zero-order valence-electron chi connectivity index (χ0n) is 17.1. The molecule has 0 bridgehead atoms. The maximum atomic E-state index is 12.5. The van der Waals surface area contributed by atoms with Gasteiger partial charge in [0.05, 0.1) is 11.7 Å². The van der Waals surface area contributed by atoms with Crippen LogP contribution in [0, 0.1) is 22.7 Å². The minimum absolute atomic E-state index is 0.00203. The number of fused-ring (bicyclic) bond motifs is 5. The van der Waals surface area contributed by atoms with Crippen molar-refractivity contribution in [1.82, 2.24) is 4.98 Å². The minimum Gasteiger partial charge on any atom is -0.389 e. The lowest BCUT2D eigenvalue weighted by atomic mass is 9.45. The Kier molecular flexibility index (Phi) is 4.03. The Labute approximate surface area is 167 Å². The van der Waals surface area contributed by atoms with Gasteiger partial charge in [-0.15, -0.1) is 0 Å². The van der Waals surface area contributed by atoms with Gasteiger partial charge in [0.2, 0.25) is 0 Å². The number of aliphatic hydroxyl groups excluding tert-OH is 1.